The summed E-state index contributed by atoms with van der Waals surface area (Å²) >= 11 is 0. The van der Waals surface area contributed by atoms with Crippen LogP contribution in [0.25, 0.3) is 0 Å². The monoisotopic (exact) mass is 318 g/mol. The number of likely N-dealkylation sites (tertiary alicyclic amines) is 1. The van der Waals surface area contributed by atoms with Gasteiger partial charge in [0.25, 0.3) is 0 Å². The Morgan fingerprint density at radius 2 is 1.91 bits per heavy atom. The van der Waals surface area contributed by atoms with Crippen LogP contribution < -0.4 is 0 Å². The number of nitrogens with zero attached hydrogens (tertiary/aromatic N) is 2. The van der Waals surface area contributed by atoms with Crippen molar-refractivity contribution in [2.45, 2.75) is 19.3 Å². The number of benzene rings is 1. The maximum Gasteiger partial charge on any atom is 0.226 e. The number of likely N-dealkylation sites (N-methyl/N-ethyl adjacent to an activating group) is 1. The lowest BCUT2D eigenvalue weighted by molar-refractivity contribution is -0.128. The van der Waals surface area contributed by atoms with E-state index >= 15 is 0 Å². The van der Waals surface area contributed by atoms with Crippen LogP contribution >= 0.6 is 0 Å². The van der Waals surface area contributed by atoms with Crippen LogP contribution in [0.15, 0.2) is 24.3 Å². The Kier molecular flexibility index (Phi) is 6.16. The number of hydrogen-bond acceptors (Lipinski definition) is 3. The van der Waals surface area contributed by atoms with Crippen LogP contribution in [0, 0.1) is 5.92 Å². The molecule has 1 atom stereocenters. The minimum absolute atomic E-state index is 0.105. The molecule has 23 heavy (non-hydrogen) atoms. The molecule has 0 radical (unpaired) electrons. The third-order valence-corrected chi connectivity index (χ3v) is 4.26. The summed E-state index contributed by atoms with van der Waals surface area (Å²) in [5.41, 5.74) is 2.24. The quantitative estimate of drug-likeness (QED) is 0.763. The molecular weight excluding hydrogens is 292 g/mol. The van der Waals surface area contributed by atoms with Crippen LogP contribution in [-0.4, -0.2) is 62.5 Å². The van der Waals surface area contributed by atoms with E-state index in [9.17, 15) is 9.59 Å². The van der Waals surface area contributed by atoms with E-state index in [0.29, 0.717) is 31.9 Å². The van der Waals surface area contributed by atoms with Crippen LogP contribution in [0.2, 0.25) is 0 Å². The van der Waals surface area contributed by atoms with Crippen molar-refractivity contribution in [1.82, 2.24) is 9.80 Å². The molecule has 1 heterocycles. The van der Waals surface area contributed by atoms with E-state index in [1.807, 2.05) is 17.0 Å². The van der Waals surface area contributed by atoms with Crippen molar-refractivity contribution in [3.8, 4) is 0 Å². The summed E-state index contributed by atoms with van der Waals surface area (Å²) in [6.45, 7) is 2.08. The second kappa shape index (κ2) is 8.11. The molecule has 1 aromatic carbocycles. The molecule has 5 nitrogen and oxygen atoms in total. The molecule has 2 amide bonds. The Balaban J connectivity index is 1.87. The molecule has 0 aliphatic carbocycles. The molecule has 0 unspecified atom stereocenters. The molecule has 0 N–H and O–H groups in total. The molecule has 1 saturated heterocycles. The average Bonchev–Trinajstić information content (AvgIpc) is 2.86. The predicted octanol–water partition coefficient (Wildman–Crippen LogP) is 1.35. The van der Waals surface area contributed by atoms with E-state index in [1.165, 1.54) is 5.56 Å². The van der Waals surface area contributed by atoms with Gasteiger partial charge in [-0.3, -0.25) is 9.59 Å². The first-order valence-corrected chi connectivity index (χ1v) is 8.04. The zero-order valence-electron chi connectivity index (χ0n) is 14.2. The summed E-state index contributed by atoms with van der Waals surface area (Å²) in [5, 5.41) is 0. The Hall–Kier alpha value is -1.88. The fraction of sp³-hybridized carbons (Fsp3) is 0.556. The highest BCUT2D eigenvalue weighted by Crippen LogP contribution is 2.22. The molecule has 0 aromatic heterocycles. The second-order valence-electron chi connectivity index (χ2n) is 6.39. The highest BCUT2D eigenvalue weighted by atomic mass is 16.5. The molecule has 0 saturated carbocycles. The van der Waals surface area contributed by atoms with Gasteiger partial charge in [0.15, 0.2) is 0 Å². The Labute approximate surface area is 138 Å². The molecule has 0 bridgehead atoms. The van der Waals surface area contributed by atoms with E-state index in [-0.39, 0.29) is 11.8 Å². The number of hydrogen-bond donors (Lipinski definition) is 0. The van der Waals surface area contributed by atoms with E-state index in [4.69, 9.17) is 4.74 Å². The molecule has 1 aliphatic heterocycles. The van der Waals surface area contributed by atoms with Gasteiger partial charge in [0.2, 0.25) is 11.8 Å². The lowest BCUT2D eigenvalue weighted by Crippen LogP contribution is -2.28. The highest BCUT2D eigenvalue weighted by Gasteiger charge is 2.29. The maximum absolute atomic E-state index is 11.9. The summed E-state index contributed by atoms with van der Waals surface area (Å²) in [4.78, 5) is 27.1. The Morgan fingerprint density at radius 1 is 1.26 bits per heavy atom. The van der Waals surface area contributed by atoms with E-state index in [2.05, 4.69) is 12.1 Å². The van der Waals surface area contributed by atoms with Gasteiger partial charge in [0.05, 0.1) is 13.0 Å². The number of methoxy groups -OCH3 is 1. The molecule has 1 aromatic rings. The standard InChI is InChI=1S/C18H26N2O3/c1-19(2)17(21)11-15-6-4-14(5-7-15)10-16-12-18(22)20(13-16)8-9-23-3/h4-7,16H,8-13H2,1-3H3/t16-/m1/s1. The third-order valence-electron chi connectivity index (χ3n) is 4.26. The fourth-order valence-electron chi connectivity index (χ4n) is 2.87. The summed E-state index contributed by atoms with van der Waals surface area (Å²) < 4.78 is 5.04. The number of carbonyl (C=O) groups is 2. The third kappa shape index (κ3) is 5.06. The molecule has 1 fully saturated rings. The molecule has 126 valence electrons. The summed E-state index contributed by atoms with van der Waals surface area (Å²) in [6, 6.07) is 8.16. The minimum atomic E-state index is 0.105. The van der Waals surface area contributed by atoms with Crippen LogP contribution in [0.4, 0.5) is 0 Å². The van der Waals surface area contributed by atoms with Gasteiger partial charge in [-0.1, -0.05) is 24.3 Å². The van der Waals surface area contributed by atoms with Crippen molar-refractivity contribution in [3.05, 3.63) is 35.4 Å². The van der Waals surface area contributed by atoms with Gasteiger partial charge in [-0.15, -0.1) is 0 Å². The summed E-state index contributed by atoms with van der Waals surface area (Å²) in [6.07, 6.45) is 1.95. The number of amides is 2. The van der Waals surface area contributed by atoms with E-state index in [0.717, 1.165) is 18.5 Å². The Bertz CT molecular complexity index is 540. The topological polar surface area (TPSA) is 49.9 Å². The van der Waals surface area contributed by atoms with Crippen LogP contribution in [0.5, 0.6) is 0 Å². The average molecular weight is 318 g/mol. The number of rotatable bonds is 7. The van der Waals surface area contributed by atoms with Gasteiger partial charge < -0.3 is 14.5 Å². The minimum Gasteiger partial charge on any atom is -0.383 e. The number of ether oxygens (including phenoxy) is 1. The fourth-order valence-corrected chi connectivity index (χ4v) is 2.87. The molecule has 2 rings (SSSR count). The van der Waals surface area contributed by atoms with Crippen molar-refractivity contribution < 1.29 is 14.3 Å². The molecule has 1 aliphatic rings. The van der Waals surface area contributed by atoms with E-state index in [1.54, 1.807) is 26.1 Å². The van der Waals surface area contributed by atoms with Crippen molar-refractivity contribution in [1.29, 1.82) is 0 Å². The highest BCUT2D eigenvalue weighted by molar-refractivity contribution is 5.79. The zero-order chi connectivity index (χ0) is 16.8. The SMILES string of the molecule is COCCN1C[C@H](Cc2ccc(CC(=O)N(C)C)cc2)CC1=O. The molecular formula is C18H26N2O3. The van der Waals surface area contributed by atoms with Gasteiger partial charge in [0.1, 0.15) is 0 Å². The van der Waals surface area contributed by atoms with Gasteiger partial charge >= 0.3 is 0 Å². The maximum atomic E-state index is 11.9. The van der Waals surface area contributed by atoms with Gasteiger partial charge in [-0.25, -0.2) is 0 Å². The largest absolute Gasteiger partial charge is 0.383 e. The summed E-state index contributed by atoms with van der Waals surface area (Å²) in [5.74, 6) is 0.696. The van der Waals surface area contributed by atoms with Crippen LogP contribution in [0.1, 0.15) is 17.5 Å². The first-order chi connectivity index (χ1) is 11.0. The lowest BCUT2D eigenvalue weighted by atomic mass is 9.97. The van der Waals surface area contributed by atoms with Gasteiger partial charge in [-0.05, 0) is 23.5 Å². The first-order valence-electron chi connectivity index (χ1n) is 8.04. The second-order valence-corrected chi connectivity index (χ2v) is 6.39. The predicted molar refractivity (Wildman–Crippen MR) is 89.1 cm³/mol. The van der Waals surface area contributed by atoms with Crippen LogP contribution in [0.3, 0.4) is 0 Å². The first kappa shape index (κ1) is 17.5. The van der Waals surface area contributed by atoms with Gasteiger partial charge in [-0.2, -0.15) is 0 Å². The van der Waals surface area contributed by atoms with Gasteiger partial charge in [0, 0.05) is 40.7 Å². The van der Waals surface area contributed by atoms with Crippen LogP contribution in [-0.2, 0) is 27.2 Å². The van der Waals surface area contributed by atoms with Crippen molar-refractivity contribution in [2.24, 2.45) is 5.92 Å². The van der Waals surface area contributed by atoms with Crippen molar-refractivity contribution in [2.75, 3.05) is 40.9 Å². The van der Waals surface area contributed by atoms with Crippen molar-refractivity contribution >= 4 is 11.8 Å². The smallest absolute Gasteiger partial charge is 0.226 e. The normalized spacial score (nSPS) is 17.6. The summed E-state index contributed by atoms with van der Waals surface area (Å²) in [7, 11) is 5.19. The van der Waals surface area contributed by atoms with Crippen molar-refractivity contribution in [3.63, 3.8) is 0 Å². The zero-order valence-corrected chi connectivity index (χ0v) is 14.2. The number of carbonyl (C=O) groups excluding carboxylic acids is 2. The molecule has 0 spiro atoms. The van der Waals surface area contributed by atoms with E-state index < -0.39 is 0 Å². The lowest BCUT2D eigenvalue weighted by Gasteiger charge is -2.16. The Morgan fingerprint density at radius 3 is 2.52 bits per heavy atom. The molecule has 5 heteroatoms.